The molecule has 1 aromatic carbocycles. The number of ether oxygens (including phenoxy) is 6. The van der Waals surface area contributed by atoms with E-state index in [1.165, 1.54) is 0 Å². The maximum Gasteiger partial charge on any atom is 0.190 e. The predicted octanol–water partition coefficient (Wildman–Crippen LogP) is 4.00. The Labute approximate surface area is 169 Å². The summed E-state index contributed by atoms with van der Waals surface area (Å²) in [7, 11) is 0. The fourth-order valence-corrected chi connectivity index (χ4v) is 3.97. The lowest BCUT2D eigenvalue weighted by atomic mass is 9.99. The topological polar surface area (TPSA) is 55.4 Å². The van der Waals surface area contributed by atoms with Crippen LogP contribution in [-0.2, 0) is 35.0 Å². The van der Waals surface area contributed by atoms with Crippen LogP contribution < -0.4 is 0 Å². The Kier molecular flexibility index (Phi) is 6.04. The molecule has 0 radical (unpaired) electrons. The van der Waals surface area contributed by atoms with Crippen LogP contribution in [0.4, 0.5) is 0 Å². The van der Waals surface area contributed by atoms with Gasteiger partial charge in [-0.15, -0.1) is 0 Å². The lowest BCUT2D eigenvalue weighted by Crippen LogP contribution is -2.56. The van der Waals surface area contributed by atoms with Gasteiger partial charge in [-0.3, -0.25) is 0 Å². The highest BCUT2D eigenvalue weighted by Crippen LogP contribution is 2.44. The highest BCUT2D eigenvalue weighted by atomic mass is 79.9. The molecule has 0 bridgehead atoms. The first-order valence-electron chi connectivity index (χ1n) is 8.91. The van der Waals surface area contributed by atoms with Gasteiger partial charge in [0.25, 0.3) is 0 Å². The average molecular weight is 445 g/mol. The fraction of sp³-hybridized carbons (Fsp3) is 0.700. The van der Waals surface area contributed by atoms with Crippen LogP contribution in [0.25, 0.3) is 0 Å². The summed E-state index contributed by atoms with van der Waals surface area (Å²) < 4.78 is 37.2. The van der Waals surface area contributed by atoms with E-state index in [2.05, 4.69) is 15.9 Å². The van der Waals surface area contributed by atoms with E-state index in [9.17, 15) is 0 Å². The lowest BCUT2D eigenvalue weighted by molar-refractivity contribution is -0.243. The van der Waals surface area contributed by atoms with E-state index in [-0.39, 0.29) is 31.8 Å². The molecule has 0 aliphatic carbocycles. The fourth-order valence-electron chi connectivity index (χ4n) is 3.70. The van der Waals surface area contributed by atoms with Crippen LogP contribution in [0.3, 0.4) is 0 Å². The van der Waals surface area contributed by atoms with Crippen molar-refractivity contribution in [3.63, 3.8) is 0 Å². The van der Waals surface area contributed by atoms with Gasteiger partial charge in [0.15, 0.2) is 17.9 Å². The van der Waals surface area contributed by atoms with Crippen LogP contribution >= 0.6 is 15.9 Å². The molecular formula is C20H29BrO6. The molecule has 3 aliphatic heterocycles. The van der Waals surface area contributed by atoms with E-state index in [0.717, 1.165) is 10.0 Å². The number of hydrogen-bond donors (Lipinski definition) is 0. The summed E-state index contributed by atoms with van der Waals surface area (Å²) in [4.78, 5) is 0. The Balaban J connectivity index is 0.00000210. The van der Waals surface area contributed by atoms with E-state index >= 15 is 0 Å². The zero-order valence-corrected chi connectivity index (χ0v) is 17.0. The van der Waals surface area contributed by atoms with Gasteiger partial charge in [0.1, 0.15) is 24.4 Å². The number of hydrogen-bond acceptors (Lipinski definition) is 6. The van der Waals surface area contributed by atoms with Crippen LogP contribution in [-0.4, -0.2) is 48.9 Å². The number of benzene rings is 1. The third kappa shape index (κ3) is 4.56. The van der Waals surface area contributed by atoms with Crippen molar-refractivity contribution in [2.75, 3.05) is 6.61 Å². The Morgan fingerprint density at radius 2 is 1.48 bits per heavy atom. The zero-order valence-electron chi connectivity index (χ0n) is 15.4. The van der Waals surface area contributed by atoms with Gasteiger partial charge in [-0.1, -0.05) is 35.5 Å². The Bertz CT molecular complexity index is 646. The Hall–Kier alpha value is -0.540. The van der Waals surface area contributed by atoms with Gasteiger partial charge >= 0.3 is 0 Å². The second-order valence-electron chi connectivity index (χ2n) is 7.85. The van der Waals surface area contributed by atoms with Crippen LogP contribution in [0.2, 0.25) is 0 Å². The molecule has 0 aromatic heterocycles. The van der Waals surface area contributed by atoms with Crippen LogP contribution in [0.1, 0.15) is 40.7 Å². The first-order valence-corrected chi connectivity index (χ1v) is 9.71. The van der Waals surface area contributed by atoms with Gasteiger partial charge in [0.2, 0.25) is 0 Å². The molecule has 3 saturated heterocycles. The van der Waals surface area contributed by atoms with Crippen molar-refractivity contribution < 1.29 is 28.4 Å². The highest BCUT2D eigenvalue weighted by molar-refractivity contribution is 9.10. The van der Waals surface area contributed by atoms with Crippen molar-refractivity contribution >= 4 is 15.9 Å². The largest absolute Gasteiger partial charge is 0.374 e. The normalized spacial score (nSPS) is 36.0. The van der Waals surface area contributed by atoms with Crippen LogP contribution in [0.5, 0.6) is 0 Å². The molecule has 3 fully saturated rings. The quantitative estimate of drug-likeness (QED) is 0.699. The second kappa shape index (κ2) is 7.71. The summed E-state index contributed by atoms with van der Waals surface area (Å²) in [5.74, 6) is -1.39. The molecular weight excluding hydrogens is 416 g/mol. The molecule has 152 valence electrons. The van der Waals surface area contributed by atoms with Crippen LogP contribution in [0.15, 0.2) is 28.7 Å². The number of halogens is 1. The van der Waals surface area contributed by atoms with E-state index < -0.39 is 17.9 Å². The molecule has 0 amide bonds. The first-order chi connectivity index (χ1) is 12.2. The summed E-state index contributed by atoms with van der Waals surface area (Å²) in [6.45, 7) is 8.46. The Morgan fingerprint density at radius 1 is 0.889 bits per heavy atom. The average Bonchev–Trinajstić information content (AvgIpc) is 3.03. The van der Waals surface area contributed by atoms with Gasteiger partial charge in [0.05, 0.1) is 13.2 Å². The molecule has 5 atom stereocenters. The van der Waals surface area contributed by atoms with Crippen LogP contribution in [0, 0.1) is 0 Å². The van der Waals surface area contributed by atoms with Gasteiger partial charge in [-0.05, 0) is 45.4 Å². The second-order valence-corrected chi connectivity index (χ2v) is 8.77. The van der Waals surface area contributed by atoms with Gasteiger partial charge in [0, 0.05) is 4.47 Å². The van der Waals surface area contributed by atoms with E-state index in [1.54, 1.807) is 0 Å². The molecule has 4 rings (SSSR count). The van der Waals surface area contributed by atoms with Crippen molar-refractivity contribution in [2.24, 2.45) is 0 Å². The van der Waals surface area contributed by atoms with Crippen molar-refractivity contribution in [1.29, 1.82) is 0 Å². The maximum atomic E-state index is 6.13. The molecule has 3 aliphatic rings. The van der Waals surface area contributed by atoms with Gasteiger partial charge in [-0.2, -0.15) is 0 Å². The number of rotatable bonds is 4. The van der Waals surface area contributed by atoms with Crippen molar-refractivity contribution in [3.8, 4) is 0 Å². The predicted molar refractivity (Wildman–Crippen MR) is 103 cm³/mol. The van der Waals surface area contributed by atoms with E-state index in [4.69, 9.17) is 28.4 Å². The van der Waals surface area contributed by atoms with Crippen molar-refractivity contribution in [2.45, 2.75) is 84.0 Å². The highest BCUT2D eigenvalue weighted by Gasteiger charge is 2.60. The minimum absolute atomic E-state index is 0. The maximum absolute atomic E-state index is 6.13. The SMILES string of the molecule is C.CC1(C)OC2[C@H](OC(COCc3ccc(Br)cc3)[C@@H]3OC(C)(C)O[C@H]23)O1. The number of fused-ring (bicyclic) bond motifs is 3. The van der Waals surface area contributed by atoms with E-state index in [1.807, 2.05) is 52.0 Å². The molecule has 27 heavy (non-hydrogen) atoms. The molecule has 2 unspecified atom stereocenters. The Morgan fingerprint density at radius 3 is 2.19 bits per heavy atom. The first kappa shape index (κ1) is 21.2. The minimum Gasteiger partial charge on any atom is -0.374 e. The zero-order chi connectivity index (χ0) is 18.5. The summed E-state index contributed by atoms with van der Waals surface area (Å²) in [6.07, 6.45) is -1.57. The standard InChI is InChI=1S/C19H25BrO6.CH4/c1-18(2)23-14-13(10-21-9-11-5-7-12(20)8-6-11)22-17-16(15(14)24-18)25-19(3,4)26-17;/h5-8,13-17H,9-10H2,1-4H3;1H4/t13?,14-,15-,16?,17+;/m0./s1. The van der Waals surface area contributed by atoms with Gasteiger partial charge < -0.3 is 28.4 Å². The summed E-state index contributed by atoms with van der Waals surface area (Å²) in [5.41, 5.74) is 1.10. The monoisotopic (exact) mass is 444 g/mol. The molecule has 0 N–H and O–H groups in total. The summed E-state index contributed by atoms with van der Waals surface area (Å²) in [6, 6.07) is 8.05. The molecule has 7 heteroatoms. The summed E-state index contributed by atoms with van der Waals surface area (Å²) in [5, 5.41) is 0. The van der Waals surface area contributed by atoms with Crippen molar-refractivity contribution in [1.82, 2.24) is 0 Å². The third-order valence-corrected chi connectivity index (χ3v) is 5.24. The van der Waals surface area contributed by atoms with Gasteiger partial charge in [-0.25, -0.2) is 0 Å². The molecule has 1 aromatic rings. The molecule has 3 heterocycles. The molecule has 6 nitrogen and oxygen atoms in total. The smallest absolute Gasteiger partial charge is 0.190 e. The molecule has 0 spiro atoms. The van der Waals surface area contributed by atoms with Crippen molar-refractivity contribution in [3.05, 3.63) is 34.3 Å². The minimum atomic E-state index is -0.705. The molecule has 0 saturated carbocycles. The lowest BCUT2D eigenvalue weighted by Gasteiger charge is -2.37. The van der Waals surface area contributed by atoms with E-state index in [0.29, 0.717) is 13.2 Å². The third-order valence-electron chi connectivity index (χ3n) is 4.71. The summed E-state index contributed by atoms with van der Waals surface area (Å²) >= 11 is 3.44.